The normalized spacial score (nSPS) is 9.87. The highest BCUT2D eigenvalue weighted by molar-refractivity contribution is 5.33. The fourth-order valence-electron chi connectivity index (χ4n) is 1.18. The van der Waals surface area contributed by atoms with Crippen LogP contribution < -0.4 is 0 Å². The predicted octanol–water partition coefficient (Wildman–Crippen LogP) is 0.548. The number of rotatable bonds is 1. The van der Waals surface area contributed by atoms with Crippen molar-refractivity contribution in [3.63, 3.8) is 0 Å². The van der Waals surface area contributed by atoms with Gasteiger partial charge in [-0.2, -0.15) is 15.0 Å². The van der Waals surface area contributed by atoms with Crippen molar-refractivity contribution in [3.8, 4) is 17.8 Å². The van der Waals surface area contributed by atoms with Crippen LogP contribution in [0.2, 0.25) is 0 Å². The highest BCUT2D eigenvalue weighted by atomic mass is 16.3. The topological polar surface area (TPSA) is 87.6 Å². The number of aromatic nitrogens is 4. The number of hydrogen-bond acceptors (Lipinski definition) is 5. The van der Waals surface area contributed by atoms with E-state index in [-0.39, 0.29) is 11.6 Å². The van der Waals surface area contributed by atoms with Gasteiger partial charge in [0, 0.05) is 12.1 Å². The van der Waals surface area contributed by atoms with Crippen molar-refractivity contribution in [2.24, 2.45) is 0 Å². The van der Waals surface area contributed by atoms with Gasteiger partial charge in [-0.25, -0.2) is 9.97 Å². The Morgan fingerprint density at radius 2 is 2.20 bits per heavy atom. The van der Waals surface area contributed by atoms with Gasteiger partial charge in [-0.3, -0.25) is 0 Å². The maximum atomic E-state index is 9.51. The second-order valence-electron chi connectivity index (χ2n) is 2.93. The van der Waals surface area contributed by atoms with Gasteiger partial charge in [-0.15, -0.1) is 0 Å². The molecule has 1 N–H and O–H groups in total. The van der Waals surface area contributed by atoms with Gasteiger partial charge < -0.3 is 5.11 Å². The zero-order valence-corrected chi connectivity index (χ0v) is 7.92. The summed E-state index contributed by atoms with van der Waals surface area (Å²) >= 11 is 0. The van der Waals surface area contributed by atoms with E-state index >= 15 is 0 Å². The molecule has 0 aliphatic rings. The summed E-state index contributed by atoms with van der Waals surface area (Å²) in [5, 5.41) is 22.2. The molecule has 2 heterocycles. The van der Waals surface area contributed by atoms with E-state index in [1.165, 1.54) is 23.1 Å². The van der Waals surface area contributed by atoms with E-state index in [0.29, 0.717) is 11.5 Å². The van der Waals surface area contributed by atoms with Gasteiger partial charge in [0.15, 0.2) is 5.82 Å². The molecule has 2 aromatic rings. The fourth-order valence-corrected chi connectivity index (χ4v) is 1.18. The lowest BCUT2D eigenvalue weighted by molar-refractivity contribution is 0.431. The minimum Gasteiger partial charge on any atom is -0.493 e. The SMILES string of the molecule is Cc1cc(O)n(-c2cc(C#N)ncn2)n1. The summed E-state index contributed by atoms with van der Waals surface area (Å²) in [5.74, 6) is 0.349. The first kappa shape index (κ1) is 9.15. The molecule has 74 valence electrons. The van der Waals surface area contributed by atoms with Crippen molar-refractivity contribution < 1.29 is 5.11 Å². The van der Waals surface area contributed by atoms with Crippen LogP contribution in [0.15, 0.2) is 18.5 Å². The van der Waals surface area contributed by atoms with E-state index in [4.69, 9.17) is 5.26 Å². The molecule has 2 aromatic heterocycles. The average molecular weight is 201 g/mol. The van der Waals surface area contributed by atoms with Crippen LogP contribution in [0.3, 0.4) is 0 Å². The summed E-state index contributed by atoms with van der Waals surface area (Å²) in [6.07, 6.45) is 1.25. The molecule has 0 amide bonds. The van der Waals surface area contributed by atoms with Crippen LogP contribution in [0.25, 0.3) is 5.82 Å². The maximum absolute atomic E-state index is 9.51. The van der Waals surface area contributed by atoms with E-state index in [9.17, 15) is 5.11 Å². The molecule has 0 aliphatic heterocycles. The van der Waals surface area contributed by atoms with Crippen LogP contribution in [0, 0.1) is 18.3 Å². The molecule has 0 aliphatic carbocycles. The zero-order valence-electron chi connectivity index (χ0n) is 7.92. The van der Waals surface area contributed by atoms with Crippen LogP contribution in [0.4, 0.5) is 0 Å². The fraction of sp³-hybridized carbons (Fsp3) is 0.111. The van der Waals surface area contributed by atoms with E-state index in [2.05, 4.69) is 15.1 Å². The van der Waals surface area contributed by atoms with Crippen LogP contribution in [-0.2, 0) is 0 Å². The lowest BCUT2D eigenvalue weighted by atomic mass is 10.4. The number of nitrogens with zero attached hydrogens (tertiary/aromatic N) is 5. The highest BCUT2D eigenvalue weighted by Crippen LogP contribution is 2.15. The molecule has 0 fully saturated rings. The summed E-state index contributed by atoms with van der Waals surface area (Å²) in [6.45, 7) is 1.75. The lowest BCUT2D eigenvalue weighted by Crippen LogP contribution is -2.00. The molecule has 15 heavy (non-hydrogen) atoms. The molecular formula is C9H7N5O. The molecule has 0 spiro atoms. The Morgan fingerprint density at radius 1 is 1.40 bits per heavy atom. The van der Waals surface area contributed by atoms with E-state index in [0.717, 1.165) is 0 Å². The van der Waals surface area contributed by atoms with Gasteiger partial charge in [-0.1, -0.05) is 0 Å². The quantitative estimate of drug-likeness (QED) is 0.727. The average Bonchev–Trinajstić information content (AvgIpc) is 2.58. The van der Waals surface area contributed by atoms with Crippen molar-refractivity contribution >= 4 is 0 Å². The molecule has 0 saturated carbocycles. The number of aryl methyl sites for hydroxylation is 1. The third-order valence-electron chi connectivity index (χ3n) is 1.80. The molecule has 0 atom stereocenters. The first-order valence-electron chi connectivity index (χ1n) is 4.19. The maximum Gasteiger partial charge on any atom is 0.215 e. The Bertz CT molecular complexity index is 540. The molecule has 0 unspecified atom stereocenters. The second kappa shape index (κ2) is 3.38. The number of aromatic hydroxyl groups is 1. The van der Waals surface area contributed by atoms with Gasteiger partial charge in [0.2, 0.25) is 5.88 Å². The monoisotopic (exact) mass is 201 g/mol. The molecule has 6 nitrogen and oxygen atoms in total. The Labute approximate surface area is 85.5 Å². The summed E-state index contributed by atoms with van der Waals surface area (Å²) in [5.41, 5.74) is 0.900. The van der Waals surface area contributed by atoms with Gasteiger partial charge in [0.1, 0.15) is 18.1 Å². The van der Waals surface area contributed by atoms with Crippen LogP contribution >= 0.6 is 0 Å². The zero-order chi connectivity index (χ0) is 10.8. The van der Waals surface area contributed by atoms with Gasteiger partial charge in [0.05, 0.1) is 5.69 Å². The molecule has 6 heteroatoms. The number of nitriles is 1. The first-order valence-corrected chi connectivity index (χ1v) is 4.19. The Kier molecular flexibility index (Phi) is 2.06. The van der Waals surface area contributed by atoms with Crippen molar-refractivity contribution in [1.82, 2.24) is 19.7 Å². The predicted molar refractivity (Wildman–Crippen MR) is 50.3 cm³/mol. The second-order valence-corrected chi connectivity index (χ2v) is 2.93. The molecule has 0 saturated heterocycles. The Morgan fingerprint density at radius 3 is 2.80 bits per heavy atom. The van der Waals surface area contributed by atoms with E-state index in [1.807, 2.05) is 6.07 Å². The molecule has 2 rings (SSSR count). The Balaban J connectivity index is 2.55. The smallest absolute Gasteiger partial charge is 0.215 e. The number of hydrogen-bond donors (Lipinski definition) is 1. The third-order valence-corrected chi connectivity index (χ3v) is 1.80. The summed E-state index contributed by atoms with van der Waals surface area (Å²) < 4.78 is 1.25. The van der Waals surface area contributed by atoms with E-state index in [1.54, 1.807) is 6.92 Å². The standard InChI is InChI=1S/C9H7N5O/c1-6-2-9(15)14(13-6)8-3-7(4-10)11-5-12-8/h2-3,5,15H,1H3. The summed E-state index contributed by atoms with van der Waals surface area (Å²) in [4.78, 5) is 7.63. The Hall–Kier alpha value is -2.42. The summed E-state index contributed by atoms with van der Waals surface area (Å²) in [7, 11) is 0. The van der Waals surface area contributed by atoms with Crippen molar-refractivity contribution in [2.45, 2.75) is 6.92 Å². The van der Waals surface area contributed by atoms with Crippen LogP contribution in [0.5, 0.6) is 5.88 Å². The van der Waals surface area contributed by atoms with Crippen molar-refractivity contribution in [1.29, 1.82) is 5.26 Å². The van der Waals surface area contributed by atoms with E-state index < -0.39 is 0 Å². The molecule has 0 aromatic carbocycles. The minimum absolute atomic E-state index is 0.0184. The first-order chi connectivity index (χ1) is 7.20. The van der Waals surface area contributed by atoms with Crippen LogP contribution in [-0.4, -0.2) is 24.9 Å². The minimum atomic E-state index is -0.0184. The van der Waals surface area contributed by atoms with Crippen molar-refractivity contribution in [2.75, 3.05) is 0 Å². The molecular weight excluding hydrogens is 194 g/mol. The molecule has 0 radical (unpaired) electrons. The van der Waals surface area contributed by atoms with Crippen LogP contribution in [0.1, 0.15) is 11.4 Å². The molecule has 0 bridgehead atoms. The van der Waals surface area contributed by atoms with Gasteiger partial charge in [-0.05, 0) is 6.92 Å². The third kappa shape index (κ3) is 1.62. The van der Waals surface area contributed by atoms with Gasteiger partial charge in [0.25, 0.3) is 0 Å². The van der Waals surface area contributed by atoms with Gasteiger partial charge >= 0.3 is 0 Å². The van der Waals surface area contributed by atoms with Crippen molar-refractivity contribution in [3.05, 3.63) is 29.8 Å². The largest absolute Gasteiger partial charge is 0.493 e. The lowest BCUT2D eigenvalue weighted by Gasteiger charge is -2.00. The summed E-state index contributed by atoms with van der Waals surface area (Å²) in [6, 6.07) is 4.85. The highest BCUT2D eigenvalue weighted by Gasteiger charge is 2.07.